The maximum absolute atomic E-state index is 12.7. The Balaban J connectivity index is 2.35. The molecule has 154 valence electrons. The van der Waals surface area contributed by atoms with E-state index in [9.17, 15) is 14.4 Å². The lowest BCUT2D eigenvalue weighted by Crippen LogP contribution is -2.15. The molecule has 8 nitrogen and oxygen atoms in total. The van der Waals surface area contributed by atoms with E-state index >= 15 is 0 Å². The highest BCUT2D eigenvalue weighted by Gasteiger charge is 2.16. The minimum absolute atomic E-state index is 0.109. The molecule has 2 rings (SSSR count). The maximum Gasteiger partial charge on any atom is 0.337 e. The average Bonchev–Trinajstić information content (AvgIpc) is 2.73. The van der Waals surface area contributed by atoms with Crippen LogP contribution in [-0.2, 0) is 20.8 Å². The van der Waals surface area contributed by atoms with Crippen molar-refractivity contribution in [2.75, 3.05) is 33.3 Å². The third kappa shape index (κ3) is 5.55. The smallest absolute Gasteiger partial charge is 0.337 e. The molecule has 0 radical (unpaired) electrons. The van der Waals surface area contributed by atoms with Crippen LogP contribution in [0.1, 0.15) is 43.6 Å². The summed E-state index contributed by atoms with van der Waals surface area (Å²) in [5, 5.41) is 2.68. The van der Waals surface area contributed by atoms with E-state index in [0.29, 0.717) is 17.9 Å². The summed E-state index contributed by atoms with van der Waals surface area (Å²) in [4.78, 5) is 36.5. The minimum Gasteiger partial charge on any atom is -0.494 e. The number of methoxy groups -OCH3 is 3. The predicted molar refractivity (Wildman–Crippen MR) is 105 cm³/mol. The summed E-state index contributed by atoms with van der Waals surface area (Å²) in [6.45, 7) is 2.63. The topological polar surface area (TPSA) is 100 Å². The van der Waals surface area contributed by atoms with Gasteiger partial charge < -0.3 is 24.3 Å². The summed E-state index contributed by atoms with van der Waals surface area (Å²) in [6.07, 6.45) is 0. The Morgan fingerprint density at radius 3 is 2.00 bits per heavy atom. The molecule has 0 unspecified atom stereocenters. The highest BCUT2D eigenvalue weighted by Crippen LogP contribution is 2.23. The van der Waals surface area contributed by atoms with Crippen LogP contribution >= 0.6 is 0 Å². The van der Waals surface area contributed by atoms with Gasteiger partial charge in [-0.1, -0.05) is 0 Å². The van der Waals surface area contributed by atoms with Crippen LogP contribution in [0.15, 0.2) is 36.4 Å². The molecule has 2 aromatic carbocycles. The second-order valence-electron chi connectivity index (χ2n) is 5.92. The molecule has 0 aromatic heterocycles. The quantitative estimate of drug-likeness (QED) is 0.679. The number of nitrogens with one attached hydrogen (secondary N) is 1. The Kier molecular flexibility index (Phi) is 7.73. The predicted octanol–water partition coefficient (Wildman–Crippen LogP) is 3.06. The van der Waals surface area contributed by atoms with Gasteiger partial charge in [0.15, 0.2) is 0 Å². The molecule has 0 atom stereocenters. The fraction of sp³-hybridized carbons (Fsp3) is 0.286. The van der Waals surface area contributed by atoms with Crippen LogP contribution in [0.25, 0.3) is 0 Å². The lowest BCUT2D eigenvalue weighted by molar-refractivity contribution is 0.0599. The Labute approximate surface area is 168 Å². The van der Waals surface area contributed by atoms with E-state index in [2.05, 4.69) is 5.32 Å². The summed E-state index contributed by atoms with van der Waals surface area (Å²) in [7, 11) is 4.00. The molecule has 0 aliphatic carbocycles. The third-order valence-corrected chi connectivity index (χ3v) is 3.96. The number of benzene rings is 2. The number of ether oxygens (including phenoxy) is 4. The van der Waals surface area contributed by atoms with Gasteiger partial charge >= 0.3 is 11.9 Å². The standard InChI is InChI=1S/C21H23NO7/c1-5-29-18-7-6-13(8-16(18)12-26-2)19(23)22-17-10-14(20(24)27-3)9-15(11-17)21(25)28-4/h6-11H,5,12H2,1-4H3,(H,22,23). The van der Waals surface area contributed by atoms with Gasteiger partial charge in [-0.2, -0.15) is 0 Å². The fourth-order valence-corrected chi connectivity index (χ4v) is 2.66. The molecule has 0 spiro atoms. The number of carbonyl (C=O) groups excluding carboxylic acids is 3. The first-order valence-electron chi connectivity index (χ1n) is 8.81. The lowest BCUT2D eigenvalue weighted by Gasteiger charge is -2.13. The Morgan fingerprint density at radius 1 is 0.862 bits per heavy atom. The fourth-order valence-electron chi connectivity index (χ4n) is 2.66. The number of rotatable bonds is 8. The van der Waals surface area contributed by atoms with Gasteiger partial charge in [-0.15, -0.1) is 0 Å². The van der Waals surface area contributed by atoms with E-state index in [4.69, 9.17) is 18.9 Å². The molecule has 0 aliphatic rings. The van der Waals surface area contributed by atoms with Crippen molar-refractivity contribution in [3.05, 3.63) is 58.7 Å². The molecule has 1 N–H and O–H groups in total. The van der Waals surface area contributed by atoms with Crippen LogP contribution in [0.5, 0.6) is 5.75 Å². The largest absolute Gasteiger partial charge is 0.494 e. The molecular formula is C21H23NO7. The van der Waals surface area contributed by atoms with Crippen molar-refractivity contribution in [3.8, 4) is 5.75 Å². The van der Waals surface area contributed by atoms with Crippen molar-refractivity contribution >= 4 is 23.5 Å². The first-order valence-corrected chi connectivity index (χ1v) is 8.81. The van der Waals surface area contributed by atoms with Gasteiger partial charge in [0, 0.05) is 23.9 Å². The molecule has 0 bridgehead atoms. The third-order valence-electron chi connectivity index (χ3n) is 3.96. The molecular weight excluding hydrogens is 378 g/mol. The number of carbonyl (C=O) groups is 3. The summed E-state index contributed by atoms with van der Waals surface area (Å²) < 4.78 is 20.1. The molecule has 8 heteroatoms. The average molecular weight is 401 g/mol. The Morgan fingerprint density at radius 2 is 1.48 bits per heavy atom. The van der Waals surface area contributed by atoms with E-state index in [0.717, 1.165) is 5.56 Å². The van der Waals surface area contributed by atoms with Gasteiger partial charge in [0.2, 0.25) is 0 Å². The summed E-state index contributed by atoms with van der Waals surface area (Å²) in [5.41, 5.74) is 1.56. The second kappa shape index (κ2) is 10.2. The van der Waals surface area contributed by atoms with Crippen molar-refractivity contribution in [1.29, 1.82) is 0 Å². The van der Waals surface area contributed by atoms with E-state index in [1.807, 2.05) is 6.92 Å². The molecule has 0 fully saturated rings. The second-order valence-corrected chi connectivity index (χ2v) is 5.92. The molecule has 0 heterocycles. The van der Waals surface area contributed by atoms with Gasteiger partial charge in [0.25, 0.3) is 5.91 Å². The van der Waals surface area contributed by atoms with E-state index in [1.165, 1.54) is 32.4 Å². The van der Waals surface area contributed by atoms with Crippen LogP contribution in [0.3, 0.4) is 0 Å². The minimum atomic E-state index is -0.644. The normalized spacial score (nSPS) is 10.2. The van der Waals surface area contributed by atoms with Crippen molar-refractivity contribution < 1.29 is 33.3 Å². The van der Waals surface area contributed by atoms with Crippen LogP contribution in [0.2, 0.25) is 0 Å². The number of esters is 2. The number of hydrogen-bond acceptors (Lipinski definition) is 7. The molecule has 2 aromatic rings. The van der Waals surface area contributed by atoms with Gasteiger partial charge in [0.05, 0.1) is 38.6 Å². The molecule has 29 heavy (non-hydrogen) atoms. The molecule has 0 saturated carbocycles. The van der Waals surface area contributed by atoms with E-state index in [1.54, 1.807) is 25.3 Å². The number of hydrogen-bond donors (Lipinski definition) is 1. The zero-order chi connectivity index (χ0) is 21.4. The van der Waals surface area contributed by atoms with E-state index < -0.39 is 17.8 Å². The Hall–Kier alpha value is -3.39. The van der Waals surface area contributed by atoms with Gasteiger partial charge in [-0.05, 0) is 43.3 Å². The van der Waals surface area contributed by atoms with Crippen LogP contribution < -0.4 is 10.1 Å². The van der Waals surface area contributed by atoms with Gasteiger partial charge in [-0.25, -0.2) is 9.59 Å². The lowest BCUT2D eigenvalue weighted by atomic mass is 10.1. The molecule has 0 aliphatic heterocycles. The summed E-state index contributed by atoms with van der Waals surface area (Å²) in [6, 6.07) is 9.14. The zero-order valence-corrected chi connectivity index (χ0v) is 16.7. The first-order chi connectivity index (χ1) is 13.9. The molecule has 0 saturated heterocycles. The van der Waals surface area contributed by atoms with Gasteiger partial charge in [-0.3, -0.25) is 4.79 Å². The van der Waals surface area contributed by atoms with Crippen molar-refractivity contribution in [2.24, 2.45) is 0 Å². The highest BCUT2D eigenvalue weighted by atomic mass is 16.5. The van der Waals surface area contributed by atoms with Crippen LogP contribution in [-0.4, -0.2) is 45.8 Å². The summed E-state index contributed by atoms with van der Waals surface area (Å²) in [5.74, 6) is -1.08. The monoisotopic (exact) mass is 401 g/mol. The number of amides is 1. The highest BCUT2D eigenvalue weighted by molar-refractivity contribution is 6.06. The summed E-state index contributed by atoms with van der Waals surface area (Å²) >= 11 is 0. The van der Waals surface area contributed by atoms with Crippen LogP contribution in [0.4, 0.5) is 5.69 Å². The maximum atomic E-state index is 12.7. The van der Waals surface area contributed by atoms with E-state index in [-0.39, 0.29) is 23.4 Å². The molecule has 1 amide bonds. The van der Waals surface area contributed by atoms with Crippen molar-refractivity contribution in [3.63, 3.8) is 0 Å². The van der Waals surface area contributed by atoms with Gasteiger partial charge in [0.1, 0.15) is 5.75 Å². The number of anilines is 1. The first kappa shape index (κ1) is 21.9. The van der Waals surface area contributed by atoms with Crippen molar-refractivity contribution in [1.82, 2.24) is 0 Å². The zero-order valence-electron chi connectivity index (χ0n) is 16.7. The van der Waals surface area contributed by atoms with Crippen LogP contribution in [0, 0.1) is 0 Å². The SMILES string of the molecule is CCOc1ccc(C(=O)Nc2cc(C(=O)OC)cc(C(=O)OC)c2)cc1COC. The van der Waals surface area contributed by atoms with Crippen molar-refractivity contribution in [2.45, 2.75) is 13.5 Å². The Bertz CT molecular complexity index is 874.